The van der Waals surface area contributed by atoms with Crippen LogP contribution in [0, 0.1) is 0 Å². The molecule has 0 aliphatic carbocycles. The number of aromatic amines is 1. The van der Waals surface area contributed by atoms with E-state index in [1.54, 1.807) is 36.2 Å². The van der Waals surface area contributed by atoms with Crippen molar-refractivity contribution in [2.75, 3.05) is 36.1 Å². The number of nitrogens with two attached hydrogens (primary N) is 1. The molecule has 1 aromatic carbocycles. The second-order valence-electron chi connectivity index (χ2n) is 4.30. The van der Waals surface area contributed by atoms with Crippen LogP contribution < -0.4 is 16.0 Å². The molecule has 106 valence electrons. The van der Waals surface area contributed by atoms with E-state index in [4.69, 9.17) is 10.8 Å². The SMILES string of the molecule is CN(CCO)c1n[nH]c(N)c1NC(=O)c1ccccc1. The van der Waals surface area contributed by atoms with E-state index < -0.39 is 0 Å². The Kier molecular flexibility index (Phi) is 4.21. The first-order valence-corrected chi connectivity index (χ1v) is 6.15. The molecular formula is C13H17N5O2. The number of H-pyrrole nitrogens is 1. The van der Waals surface area contributed by atoms with Crippen molar-refractivity contribution in [1.82, 2.24) is 10.2 Å². The third kappa shape index (κ3) is 2.89. The number of aromatic nitrogens is 2. The maximum atomic E-state index is 12.1. The smallest absolute Gasteiger partial charge is 0.255 e. The Morgan fingerprint density at radius 1 is 1.45 bits per heavy atom. The normalized spacial score (nSPS) is 10.3. The van der Waals surface area contributed by atoms with Crippen LogP contribution in [-0.2, 0) is 0 Å². The summed E-state index contributed by atoms with van der Waals surface area (Å²) < 4.78 is 0. The average Bonchev–Trinajstić information content (AvgIpc) is 2.81. The van der Waals surface area contributed by atoms with Gasteiger partial charge in [0.1, 0.15) is 11.5 Å². The number of anilines is 3. The van der Waals surface area contributed by atoms with Crippen LogP contribution in [-0.4, -0.2) is 41.4 Å². The Hall–Kier alpha value is -2.54. The molecule has 1 aromatic heterocycles. The van der Waals surface area contributed by atoms with E-state index in [0.717, 1.165) is 0 Å². The van der Waals surface area contributed by atoms with E-state index in [9.17, 15) is 4.79 Å². The number of carbonyl (C=O) groups is 1. The Morgan fingerprint density at radius 2 is 2.15 bits per heavy atom. The van der Waals surface area contributed by atoms with Crippen molar-refractivity contribution in [3.8, 4) is 0 Å². The molecule has 0 saturated carbocycles. The van der Waals surface area contributed by atoms with Crippen molar-refractivity contribution >= 4 is 23.2 Å². The van der Waals surface area contributed by atoms with Crippen molar-refractivity contribution in [3.05, 3.63) is 35.9 Å². The number of hydrogen-bond acceptors (Lipinski definition) is 5. The molecule has 2 rings (SSSR count). The van der Waals surface area contributed by atoms with Crippen molar-refractivity contribution < 1.29 is 9.90 Å². The van der Waals surface area contributed by atoms with Gasteiger partial charge in [0.25, 0.3) is 5.91 Å². The molecule has 0 aliphatic rings. The summed E-state index contributed by atoms with van der Waals surface area (Å²) in [5, 5.41) is 18.3. The van der Waals surface area contributed by atoms with Crippen LogP contribution in [0.25, 0.3) is 0 Å². The lowest BCUT2D eigenvalue weighted by molar-refractivity contribution is 0.102. The highest BCUT2D eigenvalue weighted by atomic mass is 16.3. The Morgan fingerprint density at radius 3 is 2.80 bits per heavy atom. The zero-order valence-electron chi connectivity index (χ0n) is 11.1. The minimum Gasteiger partial charge on any atom is -0.395 e. The minimum absolute atomic E-state index is 0.0185. The Balaban J connectivity index is 2.21. The highest BCUT2D eigenvalue weighted by molar-refractivity contribution is 6.07. The molecule has 20 heavy (non-hydrogen) atoms. The standard InChI is InChI=1S/C13H17N5O2/c1-18(7-8-19)12-10(11(14)16-17-12)15-13(20)9-5-3-2-4-6-9/h2-6,19H,7-8H2,1H3,(H,15,20)(H3,14,16,17). The molecule has 0 aliphatic heterocycles. The van der Waals surface area contributed by atoms with Gasteiger partial charge in [-0.05, 0) is 12.1 Å². The van der Waals surface area contributed by atoms with E-state index in [1.165, 1.54) is 0 Å². The summed E-state index contributed by atoms with van der Waals surface area (Å²) in [6.45, 7) is 0.369. The number of aliphatic hydroxyl groups is 1. The lowest BCUT2D eigenvalue weighted by atomic mass is 10.2. The third-order valence-corrected chi connectivity index (χ3v) is 2.85. The van der Waals surface area contributed by atoms with E-state index in [0.29, 0.717) is 23.6 Å². The lowest BCUT2D eigenvalue weighted by Gasteiger charge is -2.16. The molecule has 7 heteroatoms. The van der Waals surface area contributed by atoms with Crippen molar-refractivity contribution in [1.29, 1.82) is 0 Å². The van der Waals surface area contributed by atoms with Crippen LogP contribution >= 0.6 is 0 Å². The van der Waals surface area contributed by atoms with Gasteiger partial charge in [0.05, 0.1) is 6.61 Å². The van der Waals surface area contributed by atoms with Crippen molar-refractivity contribution in [3.63, 3.8) is 0 Å². The summed E-state index contributed by atoms with van der Waals surface area (Å²) in [5.41, 5.74) is 6.72. The van der Waals surface area contributed by atoms with E-state index >= 15 is 0 Å². The quantitative estimate of drug-likeness (QED) is 0.641. The van der Waals surface area contributed by atoms with E-state index in [1.807, 2.05) is 6.07 Å². The zero-order valence-corrected chi connectivity index (χ0v) is 11.1. The van der Waals surface area contributed by atoms with Gasteiger partial charge in [-0.3, -0.25) is 9.89 Å². The summed E-state index contributed by atoms with van der Waals surface area (Å²) in [7, 11) is 1.75. The summed E-state index contributed by atoms with van der Waals surface area (Å²) in [6.07, 6.45) is 0. The fourth-order valence-corrected chi connectivity index (χ4v) is 1.78. The second kappa shape index (κ2) is 6.07. The first kappa shape index (κ1) is 13.9. The maximum Gasteiger partial charge on any atom is 0.255 e. The summed E-state index contributed by atoms with van der Waals surface area (Å²) in [4.78, 5) is 13.8. The predicted octanol–water partition coefficient (Wildman–Crippen LogP) is 0.673. The molecular weight excluding hydrogens is 258 g/mol. The van der Waals surface area contributed by atoms with Crippen molar-refractivity contribution in [2.24, 2.45) is 0 Å². The van der Waals surface area contributed by atoms with Crippen LogP contribution in [0.1, 0.15) is 10.4 Å². The van der Waals surface area contributed by atoms with Gasteiger partial charge in [0.15, 0.2) is 5.82 Å². The minimum atomic E-state index is -0.266. The first-order valence-electron chi connectivity index (χ1n) is 6.15. The number of rotatable bonds is 5. The molecule has 5 N–H and O–H groups in total. The van der Waals surface area contributed by atoms with Gasteiger partial charge < -0.3 is 21.1 Å². The molecule has 0 atom stereocenters. The Labute approximate surface area is 116 Å². The van der Waals surface area contributed by atoms with E-state index in [-0.39, 0.29) is 18.3 Å². The molecule has 0 radical (unpaired) electrons. The van der Waals surface area contributed by atoms with Crippen LogP contribution in [0.4, 0.5) is 17.3 Å². The highest BCUT2D eigenvalue weighted by Crippen LogP contribution is 2.28. The summed E-state index contributed by atoms with van der Waals surface area (Å²) in [5.74, 6) is 0.493. The van der Waals surface area contributed by atoms with Gasteiger partial charge in [-0.1, -0.05) is 18.2 Å². The number of hydrogen-bond donors (Lipinski definition) is 4. The number of likely N-dealkylation sites (N-methyl/N-ethyl adjacent to an activating group) is 1. The molecule has 0 bridgehead atoms. The molecule has 1 heterocycles. The summed E-state index contributed by atoms with van der Waals surface area (Å²) >= 11 is 0. The monoisotopic (exact) mass is 275 g/mol. The molecule has 7 nitrogen and oxygen atoms in total. The lowest BCUT2D eigenvalue weighted by Crippen LogP contribution is -2.23. The largest absolute Gasteiger partial charge is 0.395 e. The predicted molar refractivity (Wildman–Crippen MR) is 77.8 cm³/mol. The highest BCUT2D eigenvalue weighted by Gasteiger charge is 2.17. The van der Waals surface area contributed by atoms with Crippen molar-refractivity contribution in [2.45, 2.75) is 0 Å². The van der Waals surface area contributed by atoms with Crippen LogP contribution in [0.2, 0.25) is 0 Å². The zero-order chi connectivity index (χ0) is 14.5. The van der Waals surface area contributed by atoms with Crippen LogP contribution in [0.3, 0.4) is 0 Å². The third-order valence-electron chi connectivity index (χ3n) is 2.85. The van der Waals surface area contributed by atoms with E-state index in [2.05, 4.69) is 15.5 Å². The van der Waals surface area contributed by atoms with Gasteiger partial charge in [-0.25, -0.2) is 0 Å². The number of benzene rings is 1. The Bertz CT molecular complexity index is 582. The molecule has 0 fully saturated rings. The number of nitrogens with one attached hydrogen (secondary N) is 2. The first-order chi connectivity index (χ1) is 9.63. The van der Waals surface area contributed by atoms with Gasteiger partial charge >= 0.3 is 0 Å². The topological polar surface area (TPSA) is 107 Å². The summed E-state index contributed by atoms with van der Waals surface area (Å²) in [6, 6.07) is 8.83. The molecule has 0 spiro atoms. The van der Waals surface area contributed by atoms with Gasteiger partial charge in [0.2, 0.25) is 0 Å². The fraction of sp³-hybridized carbons (Fsp3) is 0.231. The van der Waals surface area contributed by atoms with Gasteiger partial charge in [-0.2, -0.15) is 5.10 Å². The molecule has 0 unspecified atom stereocenters. The molecule has 2 aromatic rings. The maximum absolute atomic E-state index is 12.1. The number of carbonyl (C=O) groups excluding carboxylic acids is 1. The number of aliphatic hydroxyl groups excluding tert-OH is 1. The average molecular weight is 275 g/mol. The van der Waals surface area contributed by atoms with Gasteiger partial charge in [-0.15, -0.1) is 0 Å². The fourth-order valence-electron chi connectivity index (χ4n) is 1.78. The molecule has 0 saturated heterocycles. The number of nitrogens with zero attached hydrogens (tertiary/aromatic N) is 2. The van der Waals surface area contributed by atoms with Crippen LogP contribution in [0.15, 0.2) is 30.3 Å². The second-order valence-corrected chi connectivity index (χ2v) is 4.30. The number of nitrogen functional groups attached to an aromatic ring is 1. The number of amides is 1. The van der Waals surface area contributed by atoms with Crippen LogP contribution in [0.5, 0.6) is 0 Å². The molecule has 1 amide bonds. The van der Waals surface area contributed by atoms with Gasteiger partial charge in [0, 0.05) is 19.2 Å².